The average molecular weight is 291 g/mol. The van der Waals surface area contributed by atoms with Gasteiger partial charge >= 0.3 is 0 Å². The molecule has 1 aromatic rings. The van der Waals surface area contributed by atoms with Crippen molar-refractivity contribution >= 4 is 11.7 Å². The molecule has 0 bridgehead atoms. The van der Waals surface area contributed by atoms with Crippen LogP contribution in [0.15, 0.2) is 29.4 Å². The van der Waals surface area contributed by atoms with Crippen molar-refractivity contribution in [3.05, 3.63) is 35.4 Å². The molecule has 0 aromatic heterocycles. The lowest BCUT2D eigenvalue weighted by molar-refractivity contribution is -0.141. The number of carbonyl (C=O) groups is 1. The van der Waals surface area contributed by atoms with E-state index in [1.165, 1.54) is 0 Å². The van der Waals surface area contributed by atoms with Gasteiger partial charge in [-0.3, -0.25) is 4.79 Å². The Balaban J connectivity index is 2.02. The van der Waals surface area contributed by atoms with E-state index in [4.69, 9.17) is 15.7 Å². The van der Waals surface area contributed by atoms with Crippen molar-refractivity contribution in [1.29, 1.82) is 0 Å². The van der Waals surface area contributed by atoms with Gasteiger partial charge in [0, 0.05) is 19.2 Å². The van der Waals surface area contributed by atoms with Crippen LogP contribution in [0.5, 0.6) is 0 Å². The SMILES string of the molecule is CC1CCC(C(=O)N(C)Cc2cccc(/C(N)=N/O)c2)O1. The van der Waals surface area contributed by atoms with E-state index >= 15 is 0 Å². The second kappa shape index (κ2) is 6.58. The summed E-state index contributed by atoms with van der Waals surface area (Å²) in [5.41, 5.74) is 7.11. The number of benzene rings is 1. The first-order valence-corrected chi connectivity index (χ1v) is 6.98. The Morgan fingerprint density at radius 3 is 2.90 bits per heavy atom. The second-order valence-electron chi connectivity index (χ2n) is 5.39. The number of hydrogen-bond donors (Lipinski definition) is 2. The summed E-state index contributed by atoms with van der Waals surface area (Å²) in [6.45, 7) is 2.44. The number of carbonyl (C=O) groups excluding carboxylic acids is 1. The molecule has 0 saturated carbocycles. The molecule has 2 atom stereocenters. The van der Waals surface area contributed by atoms with Crippen molar-refractivity contribution in [3.8, 4) is 0 Å². The van der Waals surface area contributed by atoms with Crippen LogP contribution in [0, 0.1) is 0 Å². The summed E-state index contributed by atoms with van der Waals surface area (Å²) in [6.07, 6.45) is 1.51. The van der Waals surface area contributed by atoms with Gasteiger partial charge in [0.25, 0.3) is 5.91 Å². The molecule has 6 nitrogen and oxygen atoms in total. The van der Waals surface area contributed by atoms with Crippen LogP contribution in [0.25, 0.3) is 0 Å². The van der Waals surface area contributed by atoms with Crippen LogP contribution in [0.1, 0.15) is 30.9 Å². The monoisotopic (exact) mass is 291 g/mol. The molecule has 6 heteroatoms. The van der Waals surface area contributed by atoms with Crippen LogP contribution in [-0.4, -0.2) is 41.1 Å². The van der Waals surface area contributed by atoms with E-state index in [1.54, 1.807) is 24.1 Å². The van der Waals surface area contributed by atoms with Gasteiger partial charge in [-0.15, -0.1) is 0 Å². The molecule has 1 aromatic carbocycles. The lowest BCUT2D eigenvalue weighted by atomic mass is 10.1. The molecule has 21 heavy (non-hydrogen) atoms. The molecule has 1 fully saturated rings. The van der Waals surface area contributed by atoms with E-state index in [2.05, 4.69) is 5.16 Å². The number of rotatable bonds is 4. The summed E-state index contributed by atoms with van der Waals surface area (Å²) in [6, 6.07) is 7.27. The van der Waals surface area contributed by atoms with Crippen molar-refractivity contribution in [2.45, 2.75) is 38.5 Å². The van der Waals surface area contributed by atoms with Crippen LogP contribution in [-0.2, 0) is 16.1 Å². The smallest absolute Gasteiger partial charge is 0.251 e. The molecular formula is C15H21N3O3. The predicted octanol–water partition coefficient (Wildman–Crippen LogP) is 1.31. The third kappa shape index (κ3) is 3.72. The highest BCUT2D eigenvalue weighted by molar-refractivity contribution is 5.97. The number of nitrogens with zero attached hydrogens (tertiary/aromatic N) is 2. The van der Waals surface area contributed by atoms with Crippen LogP contribution in [0.4, 0.5) is 0 Å². The molecule has 0 spiro atoms. The van der Waals surface area contributed by atoms with E-state index in [-0.39, 0.29) is 24.0 Å². The number of ether oxygens (including phenoxy) is 1. The molecule has 1 heterocycles. The normalized spacial score (nSPS) is 22.3. The fraction of sp³-hybridized carbons (Fsp3) is 0.467. The summed E-state index contributed by atoms with van der Waals surface area (Å²) in [7, 11) is 1.75. The Labute approximate surface area is 124 Å². The molecule has 0 aliphatic carbocycles. The standard InChI is InChI=1S/C15H21N3O3/c1-10-6-7-13(21-10)15(19)18(2)9-11-4-3-5-12(8-11)14(16)17-20/h3-5,8,10,13,20H,6-7,9H2,1-2H3,(H2,16,17). The van der Waals surface area contributed by atoms with Gasteiger partial charge < -0.3 is 20.6 Å². The fourth-order valence-electron chi connectivity index (χ4n) is 2.47. The Kier molecular flexibility index (Phi) is 4.80. The summed E-state index contributed by atoms with van der Waals surface area (Å²) < 4.78 is 5.60. The molecule has 114 valence electrons. The summed E-state index contributed by atoms with van der Waals surface area (Å²) in [5, 5.41) is 11.7. The highest BCUT2D eigenvalue weighted by Gasteiger charge is 2.30. The predicted molar refractivity (Wildman–Crippen MR) is 79.0 cm³/mol. The molecule has 1 aliphatic heterocycles. The van der Waals surface area contributed by atoms with Gasteiger partial charge in [-0.2, -0.15) is 0 Å². The number of hydrogen-bond acceptors (Lipinski definition) is 4. The van der Waals surface area contributed by atoms with Crippen molar-refractivity contribution < 1.29 is 14.7 Å². The van der Waals surface area contributed by atoms with Crippen molar-refractivity contribution in [3.63, 3.8) is 0 Å². The van der Waals surface area contributed by atoms with Crippen molar-refractivity contribution in [2.75, 3.05) is 7.05 Å². The molecule has 3 N–H and O–H groups in total. The molecule has 2 rings (SSSR count). The topological polar surface area (TPSA) is 88.2 Å². The van der Waals surface area contributed by atoms with E-state index in [1.807, 2.05) is 19.1 Å². The quantitative estimate of drug-likeness (QED) is 0.379. The third-order valence-corrected chi connectivity index (χ3v) is 3.63. The van der Waals surface area contributed by atoms with Gasteiger partial charge in [0.2, 0.25) is 0 Å². The zero-order chi connectivity index (χ0) is 15.4. The summed E-state index contributed by atoms with van der Waals surface area (Å²) in [5.74, 6) is 0.0485. The molecule has 0 radical (unpaired) electrons. The van der Waals surface area contributed by atoms with Crippen molar-refractivity contribution in [1.82, 2.24) is 4.90 Å². The minimum Gasteiger partial charge on any atom is -0.409 e. The molecular weight excluding hydrogens is 270 g/mol. The summed E-state index contributed by atoms with van der Waals surface area (Å²) >= 11 is 0. The Hall–Kier alpha value is -2.08. The Morgan fingerprint density at radius 1 is 1.52 bits per heavy atom. The average Bonchev–Trinajstić information content (AvgIpc) is 2.92. The highest BCUT2D eigenvalue weighted by Crippen LogP contribution is 2.21. The van der Waals surface area contributed by atoms with E-state index in [0.29, 0.717) is 12.1 Å². The van der Waals surface area contributed by atoms with Crippen LogP contribution < -0.4 is 5.73 Å². The first-order chi connectivity index (χ1) is 10.0. The zero-order valence-electron chi connectivity index (χ0n) is 12.3. The van der Waals surface area contributed by atoms with Gasteiger partial charge in [0.15, 0.2) is 5.84 Å². The van der Waals surface area contributed by atoms with Gasteiger partial charge in [-0.25, -0.2) is 0 Å². The number of oxime groups is 1. The first-order valence-electron chi connectivity index (χ1n) is 6.98. The van der Waals surface area contributed by atoms with E-state index in [9.17, 15) is 4.79 Å². The number of likely N-dealkylation sites (N-methyl/N-ethyl adjacent to an activating group) is 1. The minimum atomic E-state index is -0.336. The van der Waals surface area contributed by atoms with Crippen molar-refractivity contribution in [2.24, 2.45) is 10.9 Å². The highest BCUT2D eigenvalue weighted by atomic mass is 16.5. The lowest BCUT2D eigenvalue weighted by Gasteiger charge is -2.21. The maximum Gasteiger partial charge on any atom is 0.251 e. The van der Waals surface area contributed by atoms with E-state index < -0.39 is 0 Å². The molecule has 2 unspecified atom stereocenters. The molecule has 1 amide bonds. The molecule has 1 aliphatic rings. The largest absolute Gasteiger partial charge is 0.409 e. The number of nitrogens with two attached hydrogens (primary N) is 1. The lowest BCUT2D eigenvalue weighted by Crippen LogP contribution is -2.36. The van der Waals surface area contributed by atoms with Gasteiger partial charge in [-0.05, 0) is 31.4 Å². The zero-order valence-corrected chi connectivity index (χ0v) is 12.3. The van der Waals surface area contributed by atoms with Gasteiger partial charge in [0.05, 0.1) is 6.10 Å². The first kappa shape index (κ1) is 15.3. The number of amidine groups is 1. The van der Waals surface area contributed by atoms with E-state index in [0.717, 1.165) is 18.4 Å². The van der Waals surface area contributed by atoms with Crippen LogP contribution in [0.2, 0.25) is 0 Å². The minimum absolute atomic E-state index is 0.00597. The Bertz CT molecular complexity index is 545. The van der Waals surface area contributed by atoms with Crippen LogP contribution >= 0.6 is 0 Å². The third-order valence-electron chi connectivity index (χ3n) is 3.63. The second-order valence-corrected chi connectivity index (χ2v) is 5.39. The molecule has 1 saturated heterocycles. The van der Waals surface area contributed by atoms with Crippen LogP contribution in [0.3, 0.4) is 0 Å². The number of amides is 1. The summed E-state index contributed by atoms with van der Waals surface area (Å²) in [4.78, 5) is 13.9. The maximum atomic E-state index is 12.3. The Morgan fingerprint density at radius 2 is 2.29 bits per heavy atom. The van der Waals surface area contributed by atoms with Gasteiger partial charge in [-0.1, -0.05) is 23.4 Å². The fourth-order valence-corrected chi connectivity index (χ4v) is 2.47. The maximum absolute atomic E-state index is 12.3. The van der Waals surface area contributed by atoms with Gasteiger partial charge in [0.1, 0.15) is 6.10 Å².